The van der Waals surface area contributed by atoms with Crippen LogP contribution in [0.2, 0.25) is 0 Å². The molecule has 4 nitrogen and oxygen atoms in total. The van der Waals surface area contributed by atoms with Gasteiger partial charge >= 0.3 is 0 Å². The minimum atomic E-state index is -0.227. The lowest BCUT2D eigenvalue weighted by atomic mass is 9.98. The first-order valence-corrected chi connectivity index (χ1v) is 4.33. The van der Waals surface area contributed by atoms with E-state index in [1.165, 1.54) is 0 Å². The fourth-order valence-electron chi connectivity index (χ4n) is 2.06. The van der Waals surface area contributed by atoms with E-state index in [1.807, 2.05) is 0 Å². The largest absolute Gasteiger partial charge is 0.459 e. The number of amidine groups is 1. The van der Waals surface area contributed by atoms with Crippen molar-refractivity contribution in [1.82, 2.24) is 5.32 Å². The predicted octanol–water partition coefficient (Wildman–Crippen LogP) is -0.124. The van der Waals surface area contributed by atoms with E-state index in [0.29, 0.717) is 6.02 Å². The van der Waals surface area contributed by atoms with Crippen molar-refractivity contribution in [2.75, 3.05) is 13.7 Å². The van der Waals surface area contributed by atoms with Gasteiger partial charge in [0.25, 0.3) is 6.02 Å². The highest BCUT2D eigenvalue weighted by atomic mass is 16.5. The van der Waals surface area contributed by atoms with Crippen molar-refractivity contribution in [1.29, 1.82) is 0 Å². The lowest BCUT2D eigenvalue weighted by molar-refractivity contribution is 0.110. The number of fused-ring (bicyclic) bond motifs is 1. The Morgan fingerprint density at radius 2 is 2.67 bits per heavy atom. The molecule has 1 saturated heterocycles. The molecule has 1 aliphatic heterocycles. The average molecular weight is 170 g/mol. The van der Waals surface area contributed by atoms with Crippen molar-refractivity contribution in [2.45, 2.75) is 30.9 Å². The van der Waals surface area contributed by atoms with Gasteiger partial charge in [-0.2, -0.15) is 0 Å². The maximum Gasteiger partial charge on any atom is 0.285 e. The van der Waals surface area contributed by atoms with Gasteiger partial charge in [-0.05, 0) is 19.3 Å². The van der Waals surface area contributed by atoms with Crippen molar-refractivity contribution in [3.8, 4) is 0 Å². The van der Waals surface area contributed by atoms with E-state index in [9.17, 15) is 5.11 Å². The van der Waals surface area contributed by atoms with E-state index in [0.717, 1.165) is 19.3 Å². The predicted molar refractivity (Wildman–Crippen MR) is 45.0 cm³/mol. The second kappa shape index (κ2) is 2.62. The van der Waals surface area contributed by atoms with E-state index in [2.05, 4.69) is 10.3 Å². The van der Waals surface area contributed by atoms with Gasteiger partial charge in [-0.25, -0.2) is 4.99 Å². The van der Waals surface area contributed by atoms with Crippen molar-refractivity contribution in [3.05, 3.63) is 0 Å². The third kappa shape index (κ3) is 0.909. The summed E-state index contributed by atoms with van der Waals surface area (Å²) in [6.45, 7) is 0.136. The van der Waals surface area contributed by atoms with Gasteiger partial charge < -0.3 is 15.2 Å². The molecule has 2 atom stereocenters. The van der Waals surface area contributed by atoms with Crippen LogP contribution < -0.4 is 5.32 Å². The molecular weight excluding hydrogens is 156 g/mol. The molecule has 12 heavy (non-hydrogen) atoms. The molecule has 2 rings (SSSR count). The number of aliphatic hydroxyl groups excluding tert-OH is 1. The van der Waals surface area contributed by atoms with Crippen LogP contribution in [0.3, 0.4) is 0 Å². The molecule has 68 valence electrons. The van der Waals surface area contributed by atoms with Gasteiger partial charge in [-0.15, -0.1) is 0 Å². The topological polar surface area (TPSA) is 53.9 Å². The van der Waals surface area contributed by atoms with Crippen LogP contribution in [0.4, 0.5) is 0 Å². The number of rotatable bonds is 1. The number of hydrogen-bond acceptors (Lipinski definition) is 3. The minimum absolute atomic E-state index is 0.126. The Morgan fingerprint density at radius 1 is 1.83 bits per heavy atom. The van der Waals surface area contributed by atoms with Crippen molar-refractivity contribution in [3.63, 3.8) is 0 Å². The van der Waals surface area contributed by atoms with E-state index in [1.54, 1.807) is 7.05 Å². The van der Waals surface area contributed by atoms with Gasteiger partial charge in [-0.1, -0.05) is 0 Å². The Kier molecular flexibility index (Phi) is 1.72. The van der Waals surface area contributed by atoms with Crippen LogP contribution >= 0.6 is 0 Å². The first kappa shape index (κ1) is 7.86. The van der Waals surface area contributed by atoms with Crippen LogP contribution in [0.5, 0.6) is 0 Å². The molecule has 0 spiro atoms. The smallest absolute Gasteiger partial charge is 0.285 e. The number of hydrogen-bond donors (Lipinski definition) is 2. The molecule has 0 radical (unpaired) electrons. The summed E-state index contributed by atoms with van der Waals surface area (Å²) in [6.07, 6.45) is 3.25. The van der Waals surface area contributed by atoms with Crippen LogP contribution in [0.25, 0.3) is 0 Å². The normalized spacial score (nSPS) is 42.5. The van der Waals surface area contributed by atoms with E-state index >= 15 is 0 Å². The summed E-state index contributed by atoms with van der Waals surface area (Å²) in [4.78, 5) is 3.94. The summed E-state index contributed by atoms with van der Waals surface area (Å²) in [5, 5.41) is 12.4. The molecule has 0 amide bonds. The van der Waals surface area contributed by atoms with Crippen LogP contribution in [0, 0.1) is 0 Å². The summed E-state index contributed by atoms with van der Waals surface area (Å²) >= 11 is 0. The van der Waals surface area contributed by atoms with E-state index in [-0.39, 0.29) is 18.2 Å². The number of nitrogens with zero attached hydrogens (tertiary/aromatic N) is 1. The molecule has 2 N–H and O–H groups in total. The van der Waals surface area contributed by atoms with E-state index < -0.39 is 0 Å². The Labute approximate surface area is 71.6 Å². The van der Waals surface area contributed by atoms with E-state index in [4.69, 9.17) is 4.74 Å². The molecule has 1 aliphatic carbocycles. The lowest BCUT2D eigenvalue weighted by Crippen LogP contribution is -2.48. The first-order valence-electron chi connectivity index (χ1n) is 4.33. The zero-order chi connectivity index (χ0) is 8.60. The zero-order valence-corrected chi connectivity index (χ0v) is 7.21. The number of aliphatic imine (C=N–C) groups is 1. The van der Waals surface area contributed by atoms with Gasteiger partial charge in [0.05, 0.1) is 6.61 Å². The number of aliphatic hydroxyl groups is 1. The average Bonchev–Trinajstić information content (AvgIpc) is 2.58. The summed E-state index contributed by atoms with van der Waals surface area (Å²) < 4.78 is 5.51. The van der Waals surface area contributed by atoms with Crippen LogP contribution in [0.15, 0.2) is 4.99 Å². The molecule has 1 heterocycles. The highest BCUT2D eigenvalue weighted by Gasteiger charge is 2.50. The Balaban J connectivity index is 2.20. The maximum absolute atomic E-state index is 9.24. The highest BCUT2D eigenvalue weighted by Crippen LogP contribution is 2.35. The van der Waals surface area contributed by atoms with Crippen molar-refractivity contribution >= 4 is 6.02 Å². The Bertz CT molecular complexity index is 217. The quantitative estimate of drug-likeness (QED) is 0.576. The zero-order valence-electron chi connectivity index (χ0n) is 7.21. The summed E-state index contributed by atoms with van der Waals surface area (Å²) in [7, 11) is 1.69. The van der Waals surface area contributed by atoms with Crippen LogP contribution in [-0.4, -0.2) is 36.4 Å². The Hall–Kier alpha value is -0.770. The third-order valence-corrected chi connectivity index (χ3v) is 2.80. The lowest BCUT2D eigenvalue weighted by Gasteiger charge is -2.23. The fourth-order valence-corrected chi connectivity index (χ4v) is 2.06. The standard InChI is InChI=1S/C8H14N2O2/c1-9-7-10-8(5-11)4-2-3-6(8)12-7/h6,11H,2-5H2,1H3,(H,9,10). The molecule has 0 bridgehead atoms. The second-order valence-electron chi connectivity index (χ2n) is 3.47. The van der Waals surface area contributed by atoms with Gasteiger partial charge in [0.1, 0.15) is 11.6 Å². The van der Waals surface area contributed by atoms with Crippen molar-refractivity contribution < 1.29 is 9.84 Å². The molecule has 0 aromatic carbocycles. The molecule has 1 saturated carbocycles. The van der Waals surface area contributed by atoms with Gasteiger partial charge in [0, 0.05) is 7.05 Å². The highest BCUT2D eigenvalue weighted by molar-refractivity contribution is 5.77. The summed E-state index contributed by atoms with van der Waals surface area (Å²) in [6, 6.07) is 0.578. The maximum atomic E-state index is 9.24. The van der Waals surface area contributed by atoms with Crippen molar-refractivity contribution in [2.24, 2.45) is 4.99 Å². The number of ether oxygens (including phenoxy) is 1. The van der Waals surface area contributed by atoms with Gasteiger partial charge in [0.2, 0.25) is 0 Å². The molecule has 4 heteroatoms. The second-order valence-corrected chi connectivity index (χ2v) is 3.47. The Morgan fingerprint density at radius 3 is 3.25 bits per heavy atom. The molecule has 2 fully saturated rings. The SMILES string of the molecule is CN=C1NC2(CO)CCCC2O1. The third-order valence-electron chi connectivity index (χ3n) is 2.80. The van der Waals surface area contributed by atoms with Crippen LogP contribution in [0.1, 0.15) is 19.3 Å². The molecule has 0 aromatic heterocycles. The summed E-state index contributed by atoms with van der Waals surface area (Å²) in [5.41, 5.74) is -0.227. The van der Waals surface area contributed by atoms with Gasteiger partial charge in [0.15, 0.2) is 0 Å². The molecule has 2 aliphatic rings. The van der Waals surface area contributed by atoms with Gasteiger partial charge in [-0.3, -0.25) is 0 Å². The molecule has 2 unspecified atom stereocenters. The molecular formula is C8H14N2O2. The summed E-state index contributed by atoms with van der Waals surface area (Å²) in [5.74, 6) is 0. The minimum Gasteiger partial charge on any atom is -0.459 e. The number of nitrogens with one attached hydrogen (secondary N) is 1. The fraction of sp³-hybridized carbons (Fsp3) is 0.875. The van der Waals surface area contributed by atoms with Crippen LogP contribution in [-0.2, 0) is 4.74 Å². The first-order chi connectivity index (χ1) is 5.80. The monoisotopic (exact) mass is 170 g/mol. The molecule has 0 aromatic rings.